The SMILES string of the molecule is CCN(C(C)C1CC1)C1CC(O)CCC1(C)C. The van der Waals surface area contributed by atoms with Crippen molar-refractivity contribution in [1.82, 2.24) is 4.90 Å². The number of hydrogen-bond acceptors (Lipinski definition) is 2. The monoisotopic (exact) mass is 239 g/mol. The molecule has 0 aromatic carbocycles. The fourth-order valence-corrected chi connectivity index (χ4v) is 3.63. The van der Waals surface area contributed by atoms with Crippen molar-refractivity contribution in [2.75, 3.05) is 6.54 Å². The van der Waals surface area contributed by atoms with E-state index in [1.807, 2.05) is 0 Å². The molecule has 0 heterocycles. The van der Waals surface area contributed by atoms with Crippen LogP contribution in [0.4, 0.5) is 0 Å². The summed E-state index contributed by atoms with van der Waals surface area (Å²) in [4.78, 5) is 2.67. The summed E-state index contributed by atoms with van der Waals surface area (Å²) in [5.41, 5.74) is 0.360. The van der Waals surface area contributed by atoms with Gasteiger partial charge in [0.25, 0.3) is 0 Å². The molecule has 3 atom stereocenters. The Morgan fingerprint density at radius 2 is 1.94 bits per heavy atom. The molecule has 0 amide bonds. The molecule has 100 valence electrons. The van der Waals surface area contributed by atoms with Crippen molar-refractivity contribution < 1.29 is 5.11 Å². The van der Waals surface area contributed by atoms with Crippen molar-refractivity contribution in [3.63, 3.8) is 0 Å². The zero-order valence-electron chi connectivity index (χ0n) is 11.9. The summed E-state index contributed by atoms with van der Waals surface area (Å²) >= 11 is 0. The van der Waals surface area contributed by atoms with Gasteiger partial charge in [-0.3, -0.25) is 4.90 Å². The smallest absolute Gasteiger partial charge is 0.0555 e. The third-order valence-corrected chi connectivity index (χ3v) is 5.11. The van der Waals surface area contributed by atoms with Gasteiger partial charge in [0.2, 0.25) is 0 Å². The van der Waals surface area contributed by atoms with Gasteiger partial charge in [-0.25, -0.2) is 0 Å². The Labute approximate surface area is 106 Å². The Morgan fingerprint density at radius 1 is 1.29 bits per heavy atom. The van der Waals surface area contributed by atoms with Gasteiger partial charge in [-0.1, -0.05) is 20.8 Å². The van der Waals surface area contributed by atoms with E-state index in [2.05, 4.69) is 32.6 Å². The lowest BCUT2D eigenvalue weighted by Gasteiger charge is -2.49. The number of aliphatic hydroxyl groups excluding tert-OH is 1. The maximum absolute atomic E-state index is 9.97. The minimum absolute atomic E-state index is 0.0755. The molecule has 2 heteroatoms. The predicted octanol–water partition coefficient (Wildman–Crippen LogP) is 3.05. The molecule has 3 unspecified atom stereocenters. The second-order valence-corrected chi connectivity index (χ2v) is 6.84. The molecule has 0 aliphatic heterocycles. The van der Waals surface area contributed by atoms with Crippen molar-refractivity contribution in [3.05, 3.63) is 0 Å². The van der Waals surface area contributed by atoms with Crippen LogP contribution < -0.4 is 0 Å². The summed E-state index contributed by atoms with van der Waals surface area (Å²) in [5.74, 6) is 0.921. The van der Waals surface area contributed by atoms with Crippen molar-refractivity contribution in [2.24, 2.45) is 11.3 Å². The molecule has 2 fully saturated rings. The van der Waals surface area contributed by atoms with Crippen molar-refractivity contribution in [1.29, 1.82) is 0 Å². The van der Waals surface area contributed by atoms with Gasteiger partial charge in [0.05, 0.1) is 6.10 Å². The Hall–Kier alpha value is -0.0800. The summed E-state index contributed by atoms with van der Waals surface area (Å²) in [5, 5.41) is 9.97. The van der Waals surface area contributed by atoms with Gasteiger partial charge in [0.15, 0.2) is 0 Å². The van der Waals surface area contributed by atoms with E-state index in [-0.39, 0.29) is 6.10 Å². The van der Waals surface area contributed by atoms with Gasteiger partial charge in [-0.15, -0.1) is 0 Å². The third kappa shape index (κ3) is 2.85. The van der Waals surface area contributed by atoms with Gasteiger partial charge >= 0.3 is 0 Å². The number of rotatable bonds is 4. The van der Waals surface area contributed by atoms with Crippen LogP contribution in [0.15, 0.2) is 0 Å². The maximum Gasteiger partial charge on any atom is 0.0555 e. The van der Waals surface area contributed by atoms with E-state index in [0.717, 1.165) is 31.7 Å². The second-order valence-electron chi connectivity index (χ2n) is 6.84. The Morgan fingerprint density at radius 3 is 2.47 bits per heavy atom. The Bertz CT molecular complexity index is 260. The number of hydrogen-bond donors (Lipinski definition) is 1. The lowest BCUT2D eigenvalue weighted by Crippen LogP contribution is -2.53. The van der Waals surface area contributed by atoms with Crippen LogP contribution in [0.2, 0.25) is 0 Å². The first-order valence-corrected chi connectivity index (χ1v) is 7.39. The van der Waals surface area contributed by atoms with Gasteiger partial charge < -0.3 is 5.11 Å². The predicted molar refractivity (Wildman–Crippen MR) is 72.0 cm³/mol. The lowest BCUT2D eigenvalue weighted by atomic mass is 9.71. The largest absolute Gasteiger partial charge is 0.393 e. The average Bonchev–Trinajstić information content (AvgIpc) is 3.08. The number of nitrogens with zero attached hydrogens (tertiary/aromatic N) is 1. The van der Waals surface area contributed by atoms with E-state index in [4.69, 9.17) is 0 Å². The lowest BCUT2D eigenvalue weighted by molar-refractivity contribution is -0.0281. The second kappa shape index (κ2) is 4.89. The molecular formula is C15H29NO. The quantitative estimate of drug-likeness (QED) is 0.815. The molecule has 0 bridgehead atoms. The summed E-state index contributed by atoms with van der Waals surface area (Å²) in [6.07, 6.45) is 5.86. The van der Waals surface area contributed by atoms with E-state index in [1.165, 1.54) is 12.8 Å². The molecule has 17 heavy (non-hydrogen) atoms. The molecule has 2 aliphatic rings. The van der Waals surface area contributed by atoms with Crippen LogP contribution in [0.3, 0.4) is 0 Å². The average molecular weight is 239 g/mol. The highest BCUT2D eigenvalue weighted by molar-refractivity contribution is 4.96. The molecule has 0 radical (unpaired) electrons. The van der Waals surface area contributed by atoms with E-state index < -0.39 is 0 Å². The first-order chi connectivity index (χ1) is 7.95. The molecule has 2 rings (SSSR count). The maximum atomic E-state index is 9.97. The molecule has 0 spiro atoms. The van der Waals surface area contributed by atoms with E-state index in [0.29, 0.717) is 17.5 Å². The summed E-state index contributed by atoms with van der Waals surface area (Å²) < 4.78 is 0. The minimum Gasteiger partial charge on any atom is -0.393 e. The van der Waals surface area contributed by atoms with Crippen molar-refractivity contribution in [2.45, 2.75) is 78.0 Å². The van der Waals surface area contributed by atoms with Gasteiger partial charge in [0, 0.05) is 12.1 Å². The van der Waals surface area contributed by atoms with Crippen LogP contribution >= 0.6 is 0 Å². The van der Waals surface area contributed by atoms with Gasteiger partial charge in [-0.05, 0) is 56.9 Å². The highest BCUT2D eigenvalue weighted by atomic mass is 16.3. The van der Waals surface area contributed by atoms with E-state index >= 15 is 0 Å². The first kappa shape index (κ1) is 13.4. The molecule has 0 aromatic heterocycles. The molecule has 1 N–H and O–H groups in total. The molecule has 2 nitrogen and oxygen atoms in total. The topological polar surface area (TPSA) is 23.5 Å². The zero-order chi connectivity index (χ0) is 12.6. The normalized spacial score (nSPS) is 34.9. The Kier molecular flexibility index (Phi) is 3.84. The Balaban J connectivity index is 2.09. The summed E-state index contributed by atoms with van der Waals surface area (Å²) in [6.45, 7) is 10.5. The zero-order valence-corrected chi connectivity index (χ0v) is 11.9. The van der Waals surface area contributed by atoms with Crippen LogP contribution in [0.1, 0.15) is 59.8 Å². The van der Waals surface area contributed by atoms with Gasteiger partial charge in [0.1, 0.15) is 0 Å². The van der Waals surface area contributed by atoms with Crippen LogP contribution in [-0.2, 0) is 0 Å². The fourth-order valence-electron chi connectivity index (χ4n) is 3.63. The molecule has 0 aromatic rings. The molecule has 2 saturated carbocycles. The minimum atomic E-state index is -0.0755. The summed E-state index contributed by atoms with van der Waals surface area (Å²) in [7, 11) is 0. The summed E-state index contributed by atoms with van der Waals surface area (Å²) in [6, 6.07) is 1.27. The third-order valence-electron chi connectivity index (χ3n) is 5.11. The highest BCUT2D eigenvalue weighted by Gasteiger charge is 2.43. The van der Waals surface area contributed by atoms with Crippen LogP contribution in [-0.4, -0.2) is 34.7 Å². The highest BCUT2D eigenvalue weighted by Crippen LogP contribution is 2.43. The first-order valence-electron chi connectivity index (χ1n) is 7.39. The standard InChI is InChI=1S/C15H29NO/c1-5-16(11(2)12-6-7-12)14-10-13(17)8-9-15(14,3)4/h11-14,17H,5-10H2,1-4H3. The fraction of sp³-hybridized carbons (Fsp3) is 1.00. The molecule has 0 saturated heterocycles. The van der Waals surface area contributed by atoms with Gasteiger partial charge in [-0.2, -0.15) is 0 Å². The van der Waals surface area contributed by atoms with Crippen molar-refractivity contribution >= 4 is 0 Å². The van der Waals surface area contributed by atoms with Crippen LogP contribution in [0, 0.1) is 11.3 Å². The molecular weight excluding hydrogens is 210 g/mol. The van der Waals surface area contributed by atoms with Crippen LogP contribution in [0.5, 0.6) is 0 Å². The van der Waals surface area contributed by atoms with E-state index in [1.54, 1.807) is 0 Å². The van der Waals surface area contributed by atoms with E-state index in [9.17, 15) is 5.11 Å². The van der Waals surface area contributed by atoms with Crippen molar-refractivity contribution in [3.8, 4) is 0 Å². The molecule has 2 aliphatic carbocycles. The number of aliphatic hydroxyl groups is 1. The van der Waals surface area contributed by atoms with Crippen LogP contribution in [0.25, 0.3) is 0 Å².